The minimum Gasteiger partial charge on any atom is -0.416 e. The van der Waals surface area contributed by atoms with Gasteiger partial charge in [0.05, 0.1) is 22.8 Å². The summed E-state index contributed by atoms with van der Waals surface area (Å²) in [5, 5.41) is 10.9. The maximum absolute atomic E-state index is 12.1. The highest BCUT2D eigenvalue weighted by Gasteiger charge is 2.17. The zero-order valence-electron chi connectivity index (χ0n) is 13.1. The van der Waals surface area contributed by atoms with Crippen molar-refractivity contribution in [3.05, 3.63) is 36.0 Å². The smallest absolute Gasteiger partial charge is 0.277 e. The van der Waals surface area contributed by atoms with E-state index in [0.717, 1.165) is 16.9 Å². The molecule has 0 bridgehead atoms. The van der Waals surface area contributed by atoms with E-state index in [-0.39, 0.29) is 17.7 Å². The molecule has 0 radical (unpaired) electrons. The van der Waals surface area contributed by atoms with Gasteiger partial charge in [-0.15, -0.1) is 10.2 Å². The third-order valence-corrected chi connectivity index (χ3v) is 4.24. The second-order valence-corrected chi connectivity index (χ2v) is 6.11. The fraction of sp³-hybridized carbons (Fsp3) is 0.333. The van der Waals surface area contributed by atoms with E-state index in [1.54, 1.807) is 6.92 Å². The van der Waals surface area contributed by atoms with E-state index in [0.29, 0.717) is 11.1 Å². The molecule has 1 N–H and O–H groups in total. The molecule has 0 spiro atoms. The van der Waals surface area contributed by atoms with E-state index < -0.39 is 0 Å². The van der Waals surface area contributed by atoms with Crippen LogP contribution in [0.2, 0.25) is 0 Å². The first-order valence-electron chi connectivity index (χ1n) is 7.18. The Bertz CT molecular complexity index is 841. The summed E-state index contributed by atoms with van der Waals surface area (Å²) in [6, 6.07) is 7.70. The Morgan fingerprint density at radius 3 is 2.87 bits per heavy atom. The molecule has 3 aromatic rings. The molecule has 23 heavy (non-hydrogen) atoms. The minimum atomic E-state index is -0.190. The number of aromatic nitrogens is 4. The molecule has 1 atom stereocenters. The van der Waals surface area contributed by atoms with Gasteiger partial charge in [0.15, 0.2) is 0 Å². The van der Waals surface area contributed by atoms with E-state index in [9.17, 15) is 4.79 Å². The van der Waals surface area contributed by atoms with Gasteiger partial charge in [-0.2, -0.15) is 0 Å². The number of hydrogen-bond acceptors (Lipinski definition) is 6. The van der Waals surface area contributed by atoms with Crippen molar-refractivity contribution in [2.24, 2.45) is 7.05 Å². The maximum Gasteiger partial charge on any atom is 0.277 e. The largest absolute Gasteiger partial charge is 0.416 e. The zero-order chi connectivity index (χ0) is 16.4. The van der Waals surface area contributed by atoms with Crippen molar-refractivity contribution in [2.75, 3.05) is 5.75 Å². The predicted octanol–water partition coefficient (Wildman–Crippen LogP) is 2.23. The molecule has 0 unspecified atom stereocenters. The van der Waals surface area contributed by atoms with E-state index in [4.69, 9.17) is 4.42 Å². The topological polar surface area (TPSA) is 85.8 Å². The number of nitrogens with zero attached hydrogens (tertiary/aromatic N) is 4. The van der Waals surface area contributed by atoms with E-state index in [1.807, 2.05) is 42.8 Å². The average Bonchev–Trinajstić information content (AvgIpc) is 3.09. The van der Waals surface area contributed by atoms with Crippen molar-refractivity contribution in [3.63, 3.8) is 0 Å². The van der Waals surface area contributed by atoms with E-state index in [2.05, 4.69) is 20.5 Å². The van der Waals surface area contributed by atoms with Gasteiger partial charge in [0.1, 0.15) is 5.82 Å². The molecule has 0 aliphatic heterocycles. The van der Waals surface area contributed by atoms with Crippen LogP contribution < -0.4 is 5.32 Å². The highest BCUT2D eigenvalue weighted by Crippen LogP contribution is 2.20. The van der Waals surface area contributed by atoms with Crippen molar-refractivity contribution in [1.82, 2.24) is 25.1 Å². The Hall–Kier alpha value is -2.35. The molecule has 2 heterocycles. The van der Waals surface area contributed by atoms with Crippen LogP contribution in [-0.2, 0) is 11.8 Å². The van der Waals surface area contributed by atoms with Crippen molar-refractivity contribution >= 4 is 28.7 Å². The zero-order valence-corrected chi connectivity index (χ0v) is 13.9. The fourth-order valence-electron chi connectivity index (χ4n) is 2.36. The van der Waals surface area contributed by atoms with Crippen LogP contribution in [0.25, 0.3) is 11.0 Å². The lowest BCUT2D eigenvalue weighted by molar-refractivity contribution is -0.119. The molecule has 0 aliphatic carbocycles. The molecule has 0 aliphatic rings. The van der Waals surface area contributed by atoms with Gasteiger partial charge >= 0.3 is 0 Å². The van der Waals surface area contributed by atoms with Crippen LogP contribution in [-0.4, -0.2) is 31.4 Å². The van der Waals surface area contributed by atoms with Crippen LogP contribution >= 0.6 is 11.8 Å². The monoisotopic (exact) mass is 331 g/mol. The molecule has 1 aromatic carbocycles. The molecule has 2 aromatic heterocycles. The number of fused-ring (bicyclic) bond motifs is 1. The highest BCUT2D eigenvalue weighted by molar-refractivity contribution is 7.99. The number of rotatable bonds is 5. The van der Waals surface area contributed by atoms with Crippen molar-refractivity contribution in [2.45, 2.75) is 25.1 Å². The summed E-state index contributed by atoms with van der Waals surface area (Å²) in [7, 11) is 1.95. The molecule has 7 nitrogen and oxygen atoms in total. The van der Waals surface area contributed by atoms with Crippen LogP contribution in [0.1, 0.15) is 24.7 Å². The second-order valence-electron chi connectivity index (χ2n) is 5.18. The number of hydrogen-bond donors (Lipinski definition) is 1. The van der Waals surface area contributed by atoms with Gasteiger partial charge in [-0.25, -0.2) is 4.98 Å². The lowest BCUT2D eigenvalue weighted by atomic mass is 10.3. The van der Waals surface area contributed by atoms with Crippen LogP contribution in [0.4, 0.5) is 0 Å². The summed E-state index contributed by atoms with van der Waals surface area (Å²) < 4.78 is 7.22. The van der Waals surface area contributed by atoms with Gasteiger partial charge in [0, 0.05) is 14.0 Å². The number of carbonyl (C=O) groups excluding carboxylic acids is 1. The Labute approximate surface area is 137 Å². The SMILES string of the molecule is Cc1nnc(SCC(=O)N[C@H](C)c2nc3ccccc3n2C)o1. The minimum absolute atomic E-state index is 0.106. The molecule has 0 fully saturated rings. The quantitative estimate of drug-likeness (QED) is 0.722. The Morgan fingerprint density at radius 2 is 2.17 bits per heavy atom. The van der Waals surface area contributed by atoms with Gasteiger partial charge < -0.3 is 14.3 Å². The van der Waals surface area contributed by atoms with Gasteiger partial charge in [-0.05, 0) is 19.1 Å². The van der Waals surface area contributed by atoms with Gasteiger partial charge in [-0.1, -0.05) is 23.9 Å². The normalized spacial score (nSPS) is 12.5. The first-order chi connectivity index (χ1) is 11.0. The van der Waals surface area contributed by atoms with Crippen molar-refractivity contribution < 1.29 is 9.21 Å². The van der Waals surface area contributed by atoms with Crippen LogP contribution in [0.5, 0.6) is 0 Å². The Balaban J connectivity index is 1.64. The Morgan fingerprint density at radius 1 is 1.39 bits per heavy atom. The van der Waals surface area contributed by atoms with Gasteiger partial charge in [0.2, 0.25) is 11.8 Å². The number of nitrogens with one attached hydrogen (secondary N) is 1. The van der Waals surface area contributed by atoms with Crippen LogP contribution in [0.3, 0.4) is 0 Å². The molecule has 0 saturated carbocycles. The van der Waals surface area contributed by atoms with E-state index >= 15 is 0 Å². The molecular weight excluding hydrogens is 314 g/mol. The Kier molecular flexibility index (Phi) is 4.33. The van der Waals surface area contributed by atoms with Crippen molar-refractivity contribution in [1.29, 1.82) is 0 Å². The molecule has 120 valence electrons. The van der Waals surface area contributed by atoms with Crippen LogP contribution in [0.15, 0.2) is 33.9 Å². The summed E-state index contributed by atoms with van der Waals surface area (Å²) in [6.07, 6.45) is 0. The summed E-state index contributed by atoms with van der Waals surface area (Å²) >= 11 is 1.22. The number of thioether (sulfide) groups is 1. The highest BCUT2D eigenvalue weighted by atomic mass is 32.2. The number of para-hydroxylation sites is 2. The molecule has 0 saturated heterocycles. The fourth-order valence-corrected chi connectivity index (χ4v) is 2.98. The third-order valence-electron chi connectivity index (χ3n) is 3.42. The lowest BCUT2D eigenvalue weighted by Crippen LogP contribution is -2.29. The molecule has 1 amide bonds. The number of imidazole rings is 1. The summed E-state index contributed by atoms with van der Waals surface area (Å²) in [4.78, 5) is 16.7. The number of aryl methyl sites for hydroxylation is 2. The van der Waals surface area contributed by atoms with Gasteiger partial charge in [-0.3, -0.25) is 4.79 Å². The first kappa shape index (κ1) is 15.5. The summed E-state index contributed by atoms with van der Waals surface area (Å²) in [5.74, 6) is 1.42. The maximum atomic E-state index is 12.1. The second kappa shape index (κ2) is 6.41. The molecular formula is C15H17N5O2S. The molecule has 3 rings (SSSR count). The van der Waals surface area contributed by atoms with Gasteiger partial charge in [0.25, 0.3) is 5.22 Å². The number of amides is 1. The van der Waals surface area contributed by atoms with Crippen molar-refractivity contribution in [3.8, 4) is 0 Å². The molecule has 8 heteroatoms. The average molecular weight is 331 g/mol. The number of carbonyl (C=O) groups is 1. The van der Waals surface area contributed by atoms with Crippen LogP contribution in [0, 0.1) is 6.92 Å². The standard InChI is InChI=1S/C15H17N5O2S/c1-9(14-17-11-6-4-5-7-12(11)20(14)3)16-13(21)8-23-15-19-18-10(2)22-15/h4-7,9H,8H2,1-3H3,(H,16,21)/t9-/m1/s1. The summed E-state index contributed by atoms with van der Waals surface area (Å²) in [6.45, 7) is 3.63. The lowest BCUT2D eigenvalue weighted by Gasteiger charge is -2.13. The number of benzene rings is 1. The third kappa shape index (κ3) is 3.37. The first-order valence-corrected chi connectivity index (χ1v) is 8.17. The van der Waals surface area contributed by atoms with E-state index in [1.165, 1.54) is 11.8 Å². The predicted molar refractivity (Wildman–Crippen MR) is 87.0 cm³/mol. The summed E-state index contributed by atoms with van der Waals surface area (Å²) in [5.41, 5.74) is 1.96.